The van der Waals surface area contributed by atoms with E-state index < -0.39 is 10.0 Å². The molecule has 1 fully saturated rings. The van der Waals surface area contributed by atoms with Crippen LogP contribution in [0.4, 0.5) is 17.5 Å². The summed E-state index contributed by atoms with van der Waals surface area (Å²) in [5.41, 5.74) is 1.09. The Morgan fingerprint density at radius 3 is 2.42 bits per heavy atom. The van der Waals surface area contributed by atoms with Gasteiger partial charge >= 0.3 is 0 Å². The van der Waals surface area contributed by atoms with Crippen LogP contribution >= 0.6 is 11.6 Å². The highest BCUT2D eigenvalue weighted by Gasteiger charge is 2.29. The maximum Gasteiger partial charge on any atom is 0.243 e. The number of aryl methyl sites for hydroxylation is 2. The van der Waals surface area contributed by atoms with Crippen LogP contribution in [0.5, 0.6) is 5.75 Å². The lowest BCUT2D eigenvalue weighted by Gasteiger charge is -2.34. The standard InChI is InChI=1S/C22H25ClN6O3S/c1-15-6-7-24-20(12-15)27-21-14-22(26-16(2)25-21)28-8-10-29(11-9-28)33(30,31)17-4-5-19(32-3)18(23)13-17/h4-7,12-14H,8-11H2,1-3H3,(H,24,25,26,27). The van der Waals surface area contributed by atoms with E-state index in [-0.39, 0.29) is 9.92 Å². The molecule has 1 aliphatic rings. The van der Waals surface area contributed by atoms with E-state index in [2.05, 4.69) is 25.2 Å². The van der Waals surface area contributed by atoms with Gasteiger partial charge in [-0.3, -0.25) is 0 Å². The molecule has 1 N–H and O–H groups in total. The Kier molecular flexibility index (Phi) is 6.68. The predicted octanol–water partition coefficient (Wildman–Crippen LogP) is 3.40. The number of nitrogens with one attached hydrogen (secondary N) is 1. The van der Waals surface area contributed by atoms with Gasteiger partial charge in [-0.2, -0.15) is 4.31 Å². The van der Waals surface area contributed by atoms with Crippen LogP contribution in [0, 0.1) is 13.8 Å². The largest absolute Gasteiger partial charge is 0.495 e. The molecule has 0 amide bonds. The number of benzene rings is 1. The number of hydrogen-bond acceptors (Lipinski definition) is 8. The van der Waals surface area contributed by atoms with Crippen molar-refractivity contribution in [3.05, 3.63) is 59.0 Å². The van der Waals surface area contributed by atoms with Gasteiger partial charge in [0.15, 0.2) is 0 Å². The van der Waals surface area contributed by atoms with E-state index in [9.17, 15) is 8.42 Å². The van der Waals surface area contributed by atoms with Crippen molar-refractivity contribution in [3.8, 4) is 5.75 Å². The first-order chi connectivity index (χ1) is 15.8. The van der Waals surface area contributed by atoms with Crippen LogP contribution in [0.3, 0.4) is 0 Å². The number of piperazine rings is 1. The molecule has 33 heavy (non-hydrogen) atoms. The normalized spacial score (nSPS) is 14.8. The van der Waals surface area contributed by atoms with Crippen molar-refractivity contribution in [3.63, 3.8) is 0 Å². The number of anilines is 3. The summed E-state index contributed by atoms with van der Waals surface area (Å²) >= 11 is 6.13. The summed E-state index contributed by atoms with van der Waals surface area (Å²) in [6.07, 6.45) is 1.74. The van der Waals surface area contributed by atoms with Crippen LogP contribution in [0.25, 0.3) is 0 Å². The lowest BCUT2D eigenvalue weighted by Crippen LogP contribution is -2.49. The third-order valence-electron chi connectivity index (χ3n) is 5.32. The quantitative estimate of drug-likeness (QED) is 0.563. The number of methoxy groups -OCH3 is 1. The van der Waals surface area contributed by atoms with Crippen LogP contribution in [0.1, 0.15) is 11.4 Å². The molecule has 1 aliphatic heterocycles. The van der Waals surface area contributed by atoms with E-state index >= 15 is 0 Å². The molecule has 0 unspecified atom stereocenters. The molecule has 4 rings (SSSR count). The Morgan fingerprint density at radius 2 is 1.76 bits per heavy atom. The second kappa shape index (κ2) is 9.50. The van der Waals surface area contributed by atoms with Gasteiger partial charge in [-0.25, -0.2) is 23.4 Å². The summed E-state index contributed by atoms with van der Waals surface area (Å²) < 4.78 is 32.8. The van der Waals surface area contributed by atoms with Crippen molar-refractivity contribution in [1.82, 2.24) is 19.3 Å². The van der Waals surface area contributed by atoms with Crippen molar-refractivity contribution >= 4 is 39.1 Å². The molecule has 11 heteroatoms. The van der Waals surface area contributed by atoms with Gasteiger partial charge in [-0.05, 0) is 49.7 Å². The van der Waals surface area contributed by atoms with E-state index in [1.54, 1.807) is 12.3 Å². The fraction of sp³-hybridized carbons (Fsp3) is 0.318. The molecule has 1 aromatic carbocycles. The van der Waals surface area contributed by atoms with Gasteiger partial charge in [0, 0.05) is 38.4 Å². The Hall–Kier alpha value is -2.95. The van der Waals surface area contributed by atoms with Gasteiger partial charge in [0.2, 0.25) is 10.0 Å². The van der Waals surface area contributed by atoms with Gasteiger partial charge in [0.05, 0.1) is 17.0 Å². The zero-order valence-corrected chi connectivity index (χ0v) is 20.2. The maximum atomic E-state index is 13.1. The highest BCUT2D eigenvalue weighted by atomic mass is 35.5. The molecule has 0 spiro atoms. The number of aromatic nitrogens is 3. The summed E-state index contributed by atoms with van der Waals surface area (Å²) in [4.78, 5) is 15.5. The molecule has 3 aromatic rings. The van der Waals surface area contributed by atoms with Crippen molar-refractivity contribution in [2.45, 2.75) is 18.7 Å². The molecule has 2 aromatic heterocycles. The fourth-order valence-corrected chi connectivity index (χ4v) is 5.40. The molecule has 0 aliphatic carbocycles. The minimum Gasteiger partial charge on any atom is -0.495 e. The Labute approximate surface area is 198 Å². The molecule has 0 saturated carbocycles. The number of nitrogens with zero attached hydrogens (tertiary/aromatic N) is 5. The van der Waals surface area contributed by atoms with Crippen LogP contribution in [-0.4, -0.2) is 61.0 Å². The Morgan fingerprint density at radius 1 is 1.00 bits per heavy atom. The Bertz CT molecular complexity index is 1260. The third-order valence-corrected chi connectivity index (χ3v) is 7.51. The van der Waals surface area contributed by atoms with Gasteiger partial charge in [-0.1, -0.05) is 11.6 Å². The van der Waals surface area contributed by atoms with E-state index in [0.717, 1.165) is 11.4 Å². The summed E-state index contributed by atoms with van der Waals surface area (Å²) in [6, 6.07) is 10.2. The van der Waals surface area contributed by atoms with Crippen molar-refractivity contribution < 1.29 is 13.2 Å². The van der Waals surface area contributed by atoms with Gasteiger partial charge in [0.25, 0.3) is 0 Å². The maximum absolute atomic E-state index is 13.1. The second-order valence-electron chi connectivity index (χ2n) is 7.69. The Balaban J connectivity index is 1.47. The first kappa shape index (κ1) is 23.2. The average molecular weight is 489 g/mol. The zero-order valence-electron chi connectivity index (χ0n) is 18.6. The highest BCUT2D eigenvalue weighted by Crippen LogP contribution is 2.29. The SMILES string of the molecule is COc1ccc(S(=O)(=O)N2CCN(c3cc(Nc4cc(C)ccn4)nc(C)n3)CC2)cc1Cl. The van der Waals surface area contributed by atoms with Crippen LogP contribution in [0.15, 0.2) is 47.5 Å². The highest BCUT2D eigenvalue weighted by molar-refractivity contribution is 7.89. The number of hydrogen-bond donors (Lipinski definition) is 1. The van der Waals surface area contributed by atoms with Crippen molar-refractivity contribution in [2.75, 3.05) is 43.5 Å². The molecule has 0 atom stereocenters. The third kappa shape index (κ3) is 5.18. The molecule has 0 bridgehead atoms. The zero-order chi connectivity index (χ0) is 23.6. The minimum absolute atomic E-state index is 0.150. The lowest BCUT2D eigenvalue weighted by molar-refractivity contribution is 0.383. The van der Waals surface area contributed by atoms with E-state index in [1.807, 2.05) is 32.0 Å². The summed E-state index contributed by atoms with van der Waals surface area (Å²) in [5, 5.41) is 3.48. The van der Waals surface area contributed by atoms with Gasteiger partial charge in [-0.15, -0.1) is 0 Å². The van der Waals surface area contributed by atoms with Gasteiger partial charge < -0.3 is 15.0 Å². The second-order valence-corrected chi connectivity index (χ2v) is 10.0. The summed E-state index contributed by atoms with van der Waals surface area (Å²) in [6.45, 7) is 5.49. The van der Waals surface area contributed by atoms with E-state index in [1.165, 1.54) is 23.5 Å². The molecular weight excluding hydrogens is 464 g/mol. The number of halogens is 1. The minimum atomic E-state index is -3.66. The van der Waals surface area contributed by atoms with E-state index in [0.29, 0.717) is 49.4 Å². The monoisotopic (exact) mass is 488 g/mol. The predicted molar refractivity (Wildman–Crippen MR) is 128 cm³/mol. The van der Waals surface area contributed by atoms with E-state index in [4.69, 9.17) is 16.3 Å². The van der Waals surface area contributed by atoms with Gasteiger partial charge in [0.1, 0.15) is 29.0 Å². The van der Waals surface area contributed by atoms with Crippen LogP contribution in [-0.2, 0) is 10.0 Å². The first-order valence-electron chi connectivity index (χ1n) is 10.4. The molecule has 174 valence electrons. The lowest BCUT2D eigenvalue weighted by atomic mass is 10.3. The summed E-state index contributed by atoms with van der Waals surface area (Å²) in [7, 11) is -2.18. The van der Waals surface area contributed by atoms with Crippen molar-refractivity contribution in [2.24, 2.45) is 0 Å². The van der Waals surface area contributed by atoms with Crippen molar-refractivity contribution in [1.29, 1.82) is 0 Å². The molecule has 1 saturated heterocycles. The first-order valence-corrected chi connectivity index (χ1v) is 12.2. The topological polar surface area (TPSA) is 101 Å². The number of pyridine rings is 1. The fourth-order valence-electron chi connectivity index (χ4n) is 3.63. The summed E-state index contributed by atoms with van der Waals surface area (Å²) in [5.74, 6) is 3.13. The average Bonchev–Trinajstić information content (AvgIpc) is 2.78. The number of sulfonamides is 1. The van der Waals surface area contributed by atoms with Crippen LogP contribution in [0.2, 0.25) is 5.02 Å². The molecule has 0 radical (unpaired) electrons. The number of ether oxygens (including phenoxy) is 1. The smallest absolute Gasteiger partial charge is 0.243 e. The molecule has 3 heterocycles. The number of rotatable bonds is 6. The van der Waals surface area contributed by atoms with Crippen LogP contribution < -0.4 is 15.0 Å². The molecule has 9 nitrogen and oxygen atoms in total. The molecular formula is C22H25ClN6O3S.